The van der Waals surface area contributed by atoms with Gasteiger partial charge in [0.05, 0.1) is 5.75 Å². The van der Waals surface area contributed by atoms with Gasteiger partial charge in [-0.05, 0) is 20.3 Å². The molecule has 18 heavy (non-hydrogen) atoms. The molecular weight excluding hydrogens is 248 g/mol. The van der Waals surface area contributed by atoms with E-state index in [4.69, 9.17) is 0 Å². The molecule has 108 valence electrons. The van der Waals surface area contributed by atoms with Crippen LogP contribution in [0.3, 0.4) is 0 Å². The van der Waals surface area contributed by atoms with Crippen molar-refractivity contribution in [3.05, 3.63) is 0 Å². The van der Waals surface area contributed by atoms with E-state index in [0.717, 1.165) is 19.5 Å². The topological polar surface area (TPSA) is 49.4 Å². The Morgan fingerprint density at radius 3 is 2.56 bits per heavy atom. The Morgan fingerprint density at radius 1 is 1.33 bits per heavy atom. The largest absolute Gasteiger partial charge is 0.311 e. The summed E-state index contributed by atoms with van der Waals surface area (Å²) in [7, 11) is -2.86. The molecule has 1 atom stereocenters. The first-order valence-electron chi connectivity index (χ1n) is 6.99. The van der Waals surface area contributed by atoms with Crippen LogP contribution in [0.1, 0.15) is 40.5 Å². The molecule has 1 fully saturated rings. The maximum Gasteiger partial charge on any atom is 0.151 e. The highest BCUT2D eigenvalue weighted by molar-refractivity contribution is 7.91. The van der Waals surface area contributed by atoms with Crippen LogP contribution in [0.15, 0.2) is 0 Å². The van der Waals surface area contributed by atoms with Gasteiger partial charge >= 0.3 is 0 Å². The van der Waals surface area contributed by atoms with Crippen LogP contribution >= 0.6 is 0 Å². The van der Waals surface area contributed by atoms with E-state index < -0.39 is 9.84 Å². The molecule has 0 aromatic heterocycles. The van der Waals surface area contributed by atoms with Crippen LogP contribution in [-0.4, -0.2) is 56.0 Å². The highest BCUT2D eigenvalue weighted by Gasteiger charge is 2.33. The lowest BCUT2D eigenvalue weighted by Crippen LogP contribution is -2.62. The number of sulfone groups is 1. The first-order chi connectivity index (χ1) is 8.30. The third-order valence-electron chi connectivity index (χ3n) is 3.87. The third-order valence-corrected chi connectivity index (χ3v) is 5.55. The van der Waals surface area contributed by atoms with Gasteiger partial charge in [-0.25, -0.2) is 8.42 Å². The molecule has 0 saturated carbocycles. The van der Waals surface area contributed by atoms with Gasteiger partial charge in [-0.1, -0.05) is 20.3 Å². The number of nitrogens with one attached hydrogen (secondary N) is 1. The molecule has 1 aliphatic heterocycles. The zero-order valence-electron chi connectivity index (χ0n) is 12.2. The number of hydrogen-bond acceptors (Lipinski definition) is 4. The van der Waals surface area contributed by atoms with Gasteiger partial charge in [0.15, 0.2) is 9.84 Å². The van der Waals surface area contributed by atoms with Crippen molar-refractivity contribution in [3.8, 4) is 0 Å². The fourth-order valence-corrected chi connectivity index (χ4v) is 3.20. The van der Waals surface area contributed by atoms with E-state index >= 15 is 0 Å². The molecule has 0 aromatic carbocycles. The minimum atomic E-state index is -2.86. The van der Waals surface area contributed by atoms with Gasteiger partial charge in [-0.3, -0.25) is 4.90 Å². The maximum absolute atomic E-state index is 11.6. The van der Waals surface area contributed by atoms with Crippen molar-refractivity contribution in [2.24, 2.45) is 0 Å². The molecule has 1 heterocycles. The third kappa shape index (κ3) is 4.52. The monoisotopic (exact) mass is 276 g/mol. The summed E-state index contributed by atoms with van der Waals surface area (Å²) in [5.41, 5.74) is 0.0491. The zero-order valence-corrected chi connectivity index (χ0v) is 13.0. The standard InChI is InChI=1S/C13H28N2O2S/c1-5-7-12-10-15(13(3,4)11-14-12)8-9-18(16,17)6-2/h12,14H,5-11H2,1-4H3. The Bertz CT molecular complexity index is 352. The van der Waals surface area contributed by atoms with Crippen LogP contribution in [0, 0.1) is 0 Å². The first-order valence-corrected chi connectivity index (χ1v) is 8.81. The number of rotatable bonds is 6. The second kappa shape index (κ2) is 6.35. The fraction of sp³-hybridized carbons (Fsp3) is 1.00. The molecule has 1 unspecified atom stereocenters. The molecule has 0 spiro atoms. The van der Waals surface area contributed by atoms with Gasteiger partial charge in [0.1, 0.15) is 0 Å². The van der Waals surface area contributed by atoms with Crippen LogP contribution < -0.4 is 5.32 Å². The molecule has 1 aliphatic rings. The van der Waals surface area contributed by atoms with E-state index in [1.165, 1.54) is 6.42 Å². The van der Waals surface area contributed by atoms with Crippen LogP contribution in [0.4, 0.5) is 0 Å². The molecule has 5 heteroatoms. The highest BCUT2D eigenvalue weighted by Crippen LogP contribution is 2.20. The molecule has 0 aromatic rings. The number of hydrogen-bond donors (Lipinski definition) is 1. The average Bonchev–Trinajstić information content (AvgIpc) is 2.30. The van der Waals surface area contributed by atoms with Crippen LogP contribution in [0.2, 0.25) is 0 Å². The van der Waals surface area contributed by atoms with Crippen molar-refractivity contribution in [3.63, 3.8) is 0 Å². The fourth-order valence-electron chi connectivity index (χ4n) is 2.41. The van der Waals surface area contributed by atoms with Crippen molar-refractivity contribution in [1.29, 1.82) is 0 Å². The summed E-state index contributed by atoms with van der Waals surface area (Å²) in [6.45, 7) is 10.8. The Balaban J connectivity index is 2.59. The van der Waals surface area contributed by atoms with E-state index in [0.29, 0.717) is 12.6 Å². The predicted molar refractivity (Wildman–Crippen MR) is 76.7 cm³/mol. The van der Waals surface area contributed by atoms with Crippen molar-refractivity contribution >= 4 is 9.84 Å². The van der Waals surface area contributed by atoms with Gasteiger partial charge in [0.25, 0.3) is 0 Å². The van der Waals surface area contributed by atoms with Crippen molar-refractivity contribution < 1.29 is 8.42 Å². The molecule has 0 amide bonds. The second-order valence-corrected chi connectivity index (χ2v) is 8.33. The van der Waals surface area contributed by atoms with Gasteiger partial charge in [0.2, 0.25) is 0 Å². The molecule has 0 radical (unpaired) electrons. The maximum atomic E-state index is 11.6. The molecule has 4 nitrogen and oxygen atoms in total. The van der Waals surface area contributed by atoms with Crippen molar-refractivity contribution in [2.75, 3.05) is 31.1 Å². The average molecular weight is 276 g/mol. The lowest BCUT2D eigenvalue weighted by molar-refractivity contribution is 0.0702. The van der Waals surface area contributed by atoms with E-state index in [9.17, 15) is 8.42 Å². The summed E-state index contributed by atoms with van der Waals surface area (Å²) in [6.07, 6.45) is 2.33. The predicted octanol–water partition coefficient (Wildman–Crippen LogP) is 1.27. The minimum Gasteiger partial charge on any atom is -0.311 e. The van der Waals surface area contributed by atoms with E-state index in [-0.39, 0.29) is 17.0 Å². The minimum absolute atomic E-state index is 0.0491. The van der Waals surface area contributed by atoms with E-state index in [2.05, 4.69) is 31.0 Å². The zero-order chi connectivity index (χ0) is 13.8. The van der Waals surface area contributed by atoms with E-state index in [1.54, 1.807) is 6.92 Å². The van der Waals surface area contributed by atoms with Crippen LogP contribution in [0.25, 0.3) is 0 Å². The van der Waals surface area contributed by atoms with Gasteiger partial charge in [0, 0.05) is 37.0 Å². The summed E-state index contributed by atoms with van der Waals surface area (Å²) in [6, 6.07) is 0.507. The number of piperazine rings is 1. The summed E-state index contributed by atoms with van der Waals surface area (Å²) >= 11 is 0. The summed E-state index contributed by atoms with van der Waals surface area (Å²) in [5, 5.41) is 3.56. The van der Waals surface area contributed by atoms with E-state index in [1.807, 2.05) is 0 Å². The van der Waals surface area contributed by atoms with Crippen LogP contribution in [0.5, 0.6) is 0 Å². The Hall–Kier alpha value is -0.130. The molecule has 1 saturated heterocycles. The quantitative estimate of drug-likeness (QED) is 0.794. The second-order valence-electron chi connectivity index (χ2n) is 5.86. The normalized spacial score (nSPS) is 25.2. The highest BCUT2D eigenvalue weighted by atomic mass is 32.2. The van der Waals surface area contributed by atoms with Gasteiger partial charge < -0.3 is 5.32 Å². The summed E-state index contributed by atoms with van der Waals surface area (Å²) in [5.74, 6) is 0.531. The molecular formula is C13H28N2O2S. The summed E-state index contributed by atoms with van der Waals surface area (Å²) < 4.78 is 23.2. The van der Waals surface area contributed by atoms with Crippen molar-refractivity contribution in [2.45, 2.75) is 52.1 Å². The molecule has 1 N–H and O–H groups in total. The Morgan fingerprint density at radius 2 is 2.00 bits per heavy atom. The van der Waals surface area contributed by atoms with Crippen molar-refractivity contribution in [1.82, 2.24) is 10.2 Å². The first kappa shape index (κ1) is 15.9. The molecule has 0 bridgehead atoms. The number of nitrogens with zero attached hydrogens (tertiary/aromatic N) is 1. The summed E-state index contributed by atoms with van der Waals surface area (Å²) in [4.78, 5) is 2.33. The SMILES string of the molecule is CCCC1CN(CCS(=O)(=O)CC)C(C)(C)CN1. The smallest absolute Gasteiger partial charge is 0.151 e. The lowest BCUT2D eigenvalue weighted by Gasteiger charge is -2.46. The van der Waals surface area contributed by atoms with Crippen LogP contribution in [-0.2, 0) is 9.84 Å². The van der Waals surface area contributed by atoms with Gasteiger partial charge in [-0.2, -0.15) is 0 Å². The van der Waals surface area contributed by atoms with Gasteiger partial charge in [-0.15, -0.1) is 0 Å². The Labute approximate surface area is 112 Å². The molecule has 0 aliphatic carbocycles. The Kier molecular flexibility index (Phi) is 5.62. The lowest BCUT2D eigenvalue weighted by atomic mass is 9.96. The molecule has 1 rings (SSSR count).